The first kappa shape index (κ1) is 11.6. The number of amides is 1. The van der Waals surface area contributed by atoms with Gasteiger partial charge in [-0.1, -0.05) is 22.0 Å². The molecule has 0 saturated carbocycles. The van der Waals surface area contributed by atoms with E-state index in [4.69, 9.17) is 4.74 Å². The highest BCUT2D eigenvalue weighted by atomic mass is 79.9. The van der Waals surface area contributed by atoms with Gasteiger partial charge >= 0.3 is 0 Å². The molecule has 0 aliphatic carbocycles. The van der Waals surface area contributed by atoms with Crippen LogP contribution in [0.1, 0.15) is 0 Å². The van der Waals surface area contributed by atoms with Gasteiger partial charge in [-0.15, -0.1) is 6.58 Å². The van der Waals surface area contributed by atoms with Gasteiger partial charge in [-0.2, -0.15) is 0 Å². The third kappa shape index (κ3) is 4.51. The number of carbonyl (C=O) groups is 1. The topological polar surface area (TPSA) is 29.5 Å². The molecule has 0 atom stereocenters. The molecule has 0 radical (unpaired) electrons. The molecule has 0 aliphatic heterocycles. The van der Waals surface area contributed by atoms with Crippen LogP contribution in [0.3, 0.4) is 0 Å². The Labute approximate surface area is 81.5 Å². The second-order valence-electron chi connectivity index (χ2n) is 2.25. The molecule has 0 heterocycles. The van der Waals surface area contributed by atoms with Crippen molar-refractivity contribution in [3.8, 4) is 0 Å². The van der Waals surface area contributed by atoms with E-state index in [0.717, 1.165) is 0 Å². The van der Waals surface area contributed by atoms with Gasteiger partial charge < -0.3 is 9.64 Å². The van der Waals surface area contributed by atoms with Crippen LogP contribution in [-0.4, -0.2) is 42.9 Å². The van der Waals surface area contributed by atoms with Crippen LogP contribution in [0.15, 0.2) is 12.7 Å². The second-order valence-corrected chi connectivity index (χ2v) is 2.82. The summed E-state index contributed by atoms with van der Waals surface area (Å²) in [6.45, 7) is 5.33. The zero-order chi connectivity index (χ0) is 9.40. The first-order valence-electron chi connectivity index (χ1n) is 3.69. The van der Waals surface area contributed by atoms with Crippen molar-refractivity contribution in [2.45, 2.75) is 0 Å². The fraction of sp³-hybridized carbons (Fsp3) is 0.625. The highest BCUT2D eigenvalue weighted by Gasteiger charge is 2.08. The number of hydrogen-bond donors (Lipinski definition) is 0. The molecule has 0 fully saturated rings. The van der Waals surface area contributed by atoms with Crippen LogP contribution < -0.4 is 0 Å². The summed E-state index contributed by atoms with van der Waals surface area (Å²) in [5.41, 5.74) is 0. The monoisotopic (exact) mass is 235 g/mol. The molecule has 0 rings (SSSR count). The summed E-state index contributed by atoms with van der Waals surface area (Å²) in [6, 6.07) is 0. The molecule has 3 nitrogen and oxygen atoms in total. The maximum absolute atomic E-state index is 11.2. The lowest BCUT2D eigenvalue weighted by Crippen LogP contribution is -2.34. The Bertz CT molecular complexity index is 150. The Morgan fingerprint density at radius 1 is 1.75 bits per heavy atom. The molecule has 0 N–H and O–H groups in total. The number of ether oxygens (including phenoxy) is 1. The summed E-state index contributed by atoms with van der Waals surface area (Å²) in [5.74, 6) is 0.0620. The van der Waals surface area contributed by atoms with Gasteiger partial charge in [0.15, 0.2) is 0 Å². The third-order valence-corrected chi connectivity index (χ3v) is 1.86. The molecule has 0 unspecified atom stereocenters. The van der Waals surface area contributed by atoms with Crippen LogP contribution >= 0.6 is 15.9 Å². The number of rotatable bonds is 6. The van der Waals surface area contributed by atoms with Crippen molar-refractivity contribution in [1.82, 2.24) is 4.90 Å². The fourth-order valence-electron chi connectivity index (χ4n) is 0.760. The highest BCUT2D eigenvalue weighted by Crippen LogP contribution is 1.94. The Balaban J connectivity index is 3.84. The molecule has 0 aromatic carbocycles. The molecule has 4 heteroatoms. The van der Waals surface area contributed by atoms with Crippen LogP contribution in [0, 0.1) is 0 Å². The largest absolute Gasteiger partial charge is 0.383 e. The first-order valence-corrected chi connectivity index (χ1v) is 4.82. The van der Waals surface area contributed by atoms with Gasteiger partial charge in [0.2, 0.25) is 5.91 Å². The summed E-state index contributed by atoms with van der Waals surface area (Å²) in [6.07, 6.45) is 1.70. The van der Waals surface area contributed by atoms with Crippen molar-refractivity contribution in [2.75, 3.05) is 32.1 Å². The van der Waals surface area contributed by atoms with Crippen LogP contribution in [0.5, 0.6) is 0 Å². The van der Waals surface area contributed by atoms with Crippen LogP contribution in [0.25, 0.3) is 0 Å². The van der Waals surface area contributed by atoms with Crippen molar-refractivity contribution < 1.29 is 9.53 Å². The average molecular weight is 236 g/mol. The minimum absolute atomic E-state index is 0.0620. The molecular formula is C8H14BrNO2. The molecule has 1 amide bonds. The molecule has 0 aliphatic rings. The number of nitrogens with zero attached hydrogens (tertiary/aromatic N) is 1. The smallest absolute Gasteiger partial charge is 0.233 e. The van der Waals surface area contributed by atoms with E-state index in [1.54, 1.807) is 18.1 Å². The molecular weight excluding hydrogens is 222 g/mol. The van der Waals surface area contributed by atoms with Gasteiger partial charge in [0, 0.05) is 20.2 Å². The maximum atomic E-state index is 11.2. The fourth-order valence-corrected chi connectivity index (χ4v) is 1.11. The van der Waals surface area contributed by atoms with Crippen molar-refractivity contribution in [1.29, 1.82) is 0 Å². The zero-order valence-corrected chi connectivity index (χ0v) is 8.84. The predicted molar refractivity (Wildman–Crippen MR) is 52.4 cm³/mol. The van der Waals surface area contributed by atoms with Crippen LogP contribution in [0.4, 0.5) is 0 Å². The number of carbonyl (C=O) groups excluding carboxylic acids is 1. The van der Waals surface area contributed by atoms with Gasteiger partial charge in [0.05, 0.1) is 11.9 Å². The van der Waals surface area contributed by atoms with E-state index in [1.807, 2.05) is 0 Å². The SMILES string of the molecule is C=CCN(CCOC)C(=O)CBr. The van der Waals surface area contributed by atoms with Crippen LogP contribution in [-0.2, 0) is 9.53 Å². The normalized spacial score (nSPS) is 9.50. The molecule has 70 valence electrons. The van der Waals surface area contributed by atoms with Gasteiger partial charge in [-0.25, -0.2) is 0 Å². The molecule has 0 bridgehead atoms. The van der Waals surface area contributed by atoms with Crippen molar-refractivity contribution in [3.63, 3.8) is 0 Å². The van der Waals surface area contributed by atoms with E-state index in [2.05, 4.69) is 22.5 Å². The Kier molecular flexibility index (Phi) is 7.09. The minimum Gasteiger partial charge on any atom is -0.383 e. The van der Waals surface area contributed by atoms with E-state index < -0.39 is 0 Å². The molecule has 0 spiro atoms. The van der Waals surface area contributed by atoms with E-state index in [1.165, 1.54) is 0 Å². The van der Waals surface area contributed by atoms with E-state index in [9.17, 15) is 4.79 Å². The van der Waals surface area contributed by atoms with E-state index >= 15 is 0 Å². The maximum Gasteiger partial charge on any atom is 0.233 e. The predicted octanol–water partition coefficient (Wildman–Crippen LogP) is 1.04. The standard InChI is InChI=1S/C8H14BrNO2/c1-3-4-10(5-6-12-2)8(11)7-9/h3H,1,4-7H2,2H3. The zero-order valence-electron chi connectivity index (χ0n) is 7.25. The summed E-state index contributed by atoms with van der Waals surface area (Å²) in [5, 5.41) is 0.352. The molecule has 0 aromatic heterocycles. The lowest BCUT2D eigenvalue weighted by atomic mass is 10.4. The Morgan fingerprint density at radius 2 is 2.42 bits per heavy atom. The summed E-state index contributed by atoms with van der Waals surface area (Å²) < 4.78 is 4.87. The minimum atomic E-state index is 0.0620. The Hall–Kier alpha value is -0.350. The number of alkyl halides is 1. The van der Waals surface area contributed by atoms with Crippen LogP contribution in [0.2, 0.25) is 0 Å². The summed E-state index contributed by atoms with van der Waals surface area (Å²) >= 11 is 3.11. The van der Waals surface area contributed by atoms with E-state index in [-0.39, 0.29) is 5.91 Å². The Morgan fingerprint density at radius 3 is 2.83 bits per heavy atom. The summed E-state index contributed by atoms with van der Waals surface area (Å²) in [4.78, 5) is 12.9. The summed E-state index contributed by atoms with van der Waals surface area (Å²) in [7, 11) is 1.62. The highest BCUT2D eigenvalue weighted by molar-refractivity contribution is 9.09. The van der Waals surface area contributed by atoms with Gasteiger partial charge in [-0.05, 0) is 0 Å². The van der Waals surface area contributed by atoms with Crippen molar-refractivity contribution >= 4 is 21.8 Å². The lowest BCUT2D eigenvalue weighted by Gasteiger charge is -2.19. The molecule has 0 saturated heterocycles. The van der Waals surface area contributed by atoms with E-state index in [0.29, 0.717) is 25.0 Å². The average Bonchev–Trinajstić information content (AvgIpc) is 2.11. The lowest BCUT2D eigenvalue weighted by molar-refractivity contribution is -0.128. The van der Waals surface area contributed by atoms with Crippen molar-refractivity contribution in [2.24, 2.45) is 0 Å². The van der Waals surface area contributed by atoms with Gasteiger partial charge in [0.1, 0.15) is 0 Å². The second kappa shape index (κ2) is 7.31. The first-order chi connectivity index (χ1) is 5.76. The molecule has 0 aromatic rings. The van der Waals surface area contributed by atoms with Gasteiger partial charge in [0.25, 0.3) is 0 Å². The number of halogens is 1. The van der Waals surface area contributed by atoms with Gasteiger partial charge in [-0.3, -0.25) is 4.79 Å². The quantitative estimate of drug-likeness (QED) is 0.509. The molecule has 12 heavy (non-hydrogen) atoms. The third-order valence-electron chi connectivity index (χ3n) is 1.38. The van der Waals surface area contributed by atoms with Crippen molar-refractivity contribution in [3.05, 3.63) is 12.7 Å². The number of methoxy groups -OCH3 is 1. The number of hydrogen-bond acceptors (Lipinski definition) is 2.